The highest BCUT2D eigenvalue weighted by Gasteiger charge is 2.13. The molecule has 1 N–H and O–H groups in total. The summed E-state index contributed by atoms with van der Waals surface area (Å²) in [4.78, 5) is 8.88. The molecule has 0 amide bonds. The number of hydrogen-bond donors (Lipinski definition) is 0. The molecule has 0 bridgehead atoms. The molecular formula is C9H11O4+. The van der Waals surface area contributed by atoms with E-state index in [-0.39, 0.29) is 0 Å². The maximum atomic E-state index is 8.88. The molecule has 0 aromatic heterocycles. The van der Waals surface area contributed by atoms with Crippen molar-refractivity contribution < 1.29 is 19.0 Å². The molecule has 0 aliphatic heterocycles. The lowest BCUT2D eigenvalue weighted by atomic mass is 10.3. The molecule has 0 atom stereocenters. The van der Waals surface area contributed by atoms with Crippen LogP contribution in [0.3, 0.4) is 0 Å². The van der Waals surface area contributed by atoms with Crippen molar-refractivity contribution in [3.63, 3.8) is 0 Å². The first kappa shape index (κ1) is 9.38. The van der Waals surface area contributed by atoms with Crippen molar-refractivity contribution >= 4 is 6.16 Å². The van der Waals surface area contributed by atoms with E-state index in [4.69, 9.17) is 14.3 Å². The van der Waals surface area contributed by atoms with Crippen molar-refractivity contribution in [2.45, 2.75) is 0 Å². The van der Waals surface area contributed by atoms with Gasteiger partial charge in [0.25, 0.3) is 0 Å². The molecule has 0 saturated carbocycles. The van der Waals surface area contributed by atoms with Crippen LogP contribution in [-0.2, 0) is 4.74 Å². The Morgan fingerprint density at radius 2 is 1.62 bits per heavy atom. The summed E-state index contributed by atoms with van der Waals surface area (Å²) in [5, 5.41) is 0. The molecule has 4 heteroatoms. The van der Waals surface area contributed by atoms with Crippen molar-refractivity contribution in [1.82, 2.24) is 0 Å². The van der Waals surface area contributed by atoms with Gasteiger partial charge in [-0.3, -0.25) is 4.74 Å². The maximum Gasteiger partial charge on any atom is 0.718 e. The van der Waals surface area contributed by atoms with Gasteiger partial charge in [-0.1, -0.05) is 0 Å². The maximum absolute atomic E-state index is 8.88. The molecule has 0 unspecified atom stereocenters. The second kappa shape index (κ2) is 4.35. The minimum absolute atomic E-state index is 0.481. The highest BCUT2D eigenvalue weighted by molar-refractivity contribution is 5.64. The van der Waals surface area contributed by atoms with Crippen molar-refractivity contribution in [2.75, 3.05) is 14.2 Å². The van der Waals surface area contributed by atoms with Gasteiger partial charge in [-0.2, -0.15) is 0 Å². The molecule has 0 fully saturated rings. The minimum Gasteiger partial charge on any atom is -0.497 e. The first-order chi connectivity index (χ1) is 6.26. The predicted molar refractivity (Wildman–Crippen MR) is 47.6 cm³/mol. The second-order valence-corrected chi connectivity index (χ2v) is 2.25. The van der Waals surface area contributed by atoms with E-state index in [9.17, 15) is 0 Å². The average Bonchev–Trinajstić information content (AvgIpc) is 2.19. The molecule has 0 heterocycles. The largest absolute Gasteiger partial charge is 0.718 e. The van der Waals surface area contributed by atoms with Crippen LogP contribution in [0.15, 0.2) is 24.3 Å². The van der Waals surface area contributed by atoms with Crippen molar-refractivity contribution in [1.29, 1.82) is 0 Å². The Morgan fingerprint density at radius 1 is 1.08 bits per heavy atom. The summed E-state index contributed by atoms with van der Waals surface area (Å²) in [6.07, 6.45) is -0.481. The quantitative estimate of drug-likeness (QED) is 0.393. The number of rotatable bonds is 2. The SMILES string of the molecule is COC(=[OH+])Oc1ccc(OC)cc1. The molecule has 1 aromatic rings. The first-order valence-corrected chi connectivity index (χ1v) is 3.68. The van der Waals surface area contributed by atoms with Crippen molar-refractivity contribution in [3.05, 3.63) is 24.3 Å². The van der Waals surface area contributed by atoms with Gasteiger partial charge in [0.05, 0.1) is 7.11 Å². The zero-order valence-corrected chi connectivity index (χ0v) is 7.48. The lowest BCUT2D eigenvalue weighted by Crippen LogP contribution is -2.09. The molecule has 0 aliphatic rings. The van der Waals surface area contributed by atoms with E-state index in [1.165, 1.54) is 7.11 Å². The molecule has 1 rings (SSSR count). The highest BCUT2D eigenvalue weighted by Crippen LogP contribution is 2.16. The molecule has 70 valence electrons. The van der Waals surface area contributed by atoms with Crippen LogP contribution in [0.25, 0.3) is 0 Å². The third-order valence-corrected chi connectivity index (χ3v) is 1.44. The monoisotopic (exact) mass is 183 g/mol. The lowest BCUT2D eigenvalue weighted by Gasteiger charge is -1.98. The van der Waals surface area contributed by atoms with Gasteiger partial charge >= 0.3 is 6.16 Å². The van der Waals surface area contributed by atoms with Crippen LogP contribution in [-0.4, -0.2) is 25.2 Å². The summed E-state index contributed by atoms with van der Waals surface area (Å²) in [6, 6.07) is 6.76. The number of methoxy groups -OCH3 is 2. The third kappa shape index (κ3) is 2.66. The Kier molecular flexibility index (Phi) is 3.14. The van der Waals surface area contributed by atoms with Gasteiger partial charge in [-0.15, -0.1) is 0 Å². The molecule has 13 heavy (non-hydrogen) atoms. The van der Waals surface area contributed by atoms with Crippen molar-refractivity contribution in [2.24, 2.45) is 0 Å². The summed E-state index contributed by atoms with van der Waals surface area (Å²) in [6.45, 7) is 0. The van der Waals surface area contributed by atoms with Crippen LogP contribution in [0.4, 0.5) is 0 Å². The van der Waals surface area contributed by atoms with Gasteiger partial charge < -0.3 is 14.3 Å². The van der Waals surface area contributed by atoms with Crippen LogP contribution in [0.5, 0.6) is 11.5 Å². The Hall–Kier alpha value is -1.71. The van der Waals surface area contributed by atoms with Crippen LogP contribution in [0, 0.1) is 0 Å². The van der Waals surface area contributed by atoms with Crippen LogP contribution >= 0.6 is 0 Å². The van der Waals surface area contributed by atoms with Crippen LogP contribution < -0.4 is 9.47 Å². The number of carbonyl (C=O) groups excluding carboxylic acids is 1. The summed E-state index contributed by atoms with van der Waals surface area (Å²) in [5.74, 6) is 1.21. The average molecular weight is 183 g/mol. The number of hydrogen-bond acceptors (Lipinski definition) is 3. The van der Waals surface area contributed by atoms with E-state index in [0.717, 1.165) is 5.75 Å². The van der Waals surface area contributed by atoms with E-state index in [1.54, 1.807) is 31.4 Å². The fourth-order valence-corrected chi connectivity index (χ4v) is 0.786. The zero-order valence-electron chi connectivity index (χ0n) is 7.48. The van der Waals surface area contributed by atoms with E-state index < -0.39 is 6.16 Å². The zero-order chi connectivity index (χ0) is 9.68. The van der Waals surface area contributed by atoms with Gasteiger partial charge in [-0.05, 0) is 12.1 Å². The summed E-state index contributed by atoms with van der Waals surface area (Å²) in [7, 11) is 2.90. The van der Waals surface area contributed by atoms with E-state index in [0.29, 0.717) is 5.75 Å². The van der Waals surface area contributed by atoms with Crippen molar-refractivity contribution in [3.8, 4) is 11.5 Å². The van der Waals surface area contributed by atoms with E-state index >= 15 is 0 Å². The van der Waals surface area contributed by atoms with Crippen LogP contribution in [0.1, 0.15) is 0 Å². The Bertz CT molecular complexity index is 278. The Morgan fingerprint density at radius 3 is 2.08 bits per heavy atom. The molecule has 0 radical (unpaired) electrons. The smallest absolute Gasteiger partial charge is 0.497 e. The fourth-order valence-electron chi connectivity index (χ4n) is 0.786. The molecule has 0 spiro atoms. The molecule has 0 saturated heterocycles. The minimum atomic E-state index is -0.481. The molecule has 0 aliphatic carbocycles. The summed E-state index contributed by atoms with van der Waals surface area (Å²) in [5.41, 5.74) is 0. The molecular weight excluding hydrogens is 172 g/mol. The van der Waals surface area contributed by atoms with E-state index in [2.05, 4.69) is 4.74 Å². The van der Waals surface area contributed by atoms with Gasteiger partial charge in [-0.25, -0.2) is 0 Å². The number of benzene rings is 1. The van der Waals surface area contributed by atoms with E-state index in [1.807, 2.05) is 0 Å². The van der Waals surface area contributed by atoms with Gasteiger partial charge in [0.1, 0.15) is 12.9 Å². The van der Waals surface area contributed by atoms with Gasteiger partial charge in [0, 0.05) is 12.1 Å². The molecule has 4 nitrogen and oxygen atoms in total. The fraction of sp³-hybridized carbons (Fsp3) is 0.222. The third-order valence-electron chi connectivity index (χ3n) is 1.44. The second-order valence-electron chi connectivity index (χ2n) is 2.25. The predicted octanol–water partition coefficient (Wildman–Crippen LogP) is 1.18. The van der Waals surface area contributed by atoms with Crippen LogP contribution in [0.2, 0.25) is 0 Å². The Labute approximate surface area is 76.0 Å². The Balaban J connectivity index is 2.64. The standard InChI is InChI=1S/C9H10O4/c1-11-7-3-5-8(6-4-7)13-9(10)12-2/h3-6H,1-2H3/p+1. The topological polar surface area (TPSA) is 49.1 Å². The lowest BCUT2D eigenvalue weighted by molar-refractivity contribution is 0.247. The van der Waals surface area contributed by atoms with Gasteiger partial charge in [0.2, 0.25) is 5.75 Å². The summed E-state index contributed by atoms with van der Waals surface area (Å²) < 4.78 is 14.2. The number of ether oxygens (including phenoxy) is 3. The van der Waals surface area contributed by atoms with Gasteiger partial charge in [0.15, 0.2) is 0 Å². The summed E-state index contributed by atoms with van der Waals surface area (Å²) >= 11 is 0. The highest BCUT2D eigenvalue weighted by atomic mass is 16.7. The molecule has 1 aromatic carbocycles. The normalized spacial score (nSPS) is 9.08. The first-order valence-electron chi connectivity index (χ1n) is 3.68.